The largest absolute Gasteiger partial charge is 0.497 e. The molecule has 0 heterocycles. The van der Waals surface area contributed by atoms with Gasteiger partial charge in [0.2, 0.25) is 0 Å². The van der Waals surface area contributed by atoms with E-state index in [4.69, 9.17) is 25.8 Å². The van der Waals surface area contributed by atoms with Crippen molar-refractivity contribution in [1.29, 1.82) is 0 Å². The molecule has 0 fully saturated rings. The second-order valence-corrected chi connectivity index (χ2v) is 5.07. The predicted octanol–water partition coefficient (Wildman–Crippen LogP) is 3.02. The summed E-state index contributed by atoms with van der Waals surface area (Å²) in [5, 5.41) is 3.29. The van der Waals surface area contributed by atoms with Crippen molar-refractivity contribution in [2.45, 2.75) is 13.5 Å². The molecule has 1 rings (SSSR count). The first kappa shape index (κ1) is 19.6. The van der Waals surface area contributed by atoms with Crippen LogP contribution in [-0.4, -0.2) is 34.0 Å². The van der Waals surface area contributed by atoms with E-state index in [1.807, 2.05) is 12.1 Å². The third kappa shape index (κ3) is 5.31. The summed E-state index contributed by atoms with van der Waals surface area (Å²) in [5.41, 5.74) is 1.73. The minimum Gasteiger partial charge on any atom is -0.497 e. The SMILES string of the molecule is C=N/C(Cl)=C\C(NCc1ccc(OC)cc1OC)=C(/C)C(=O)OC. The zero-order valence-electron chi connectivity index (χ0n) is 14.2. The standard InChI is InChI=1S/C17H21ClN2O4/c1-11(17(21)24-5)14(9-16(18)19-2)20-10-12-6-7-13(22-3)8-15(12)23-4/h6-9,20H,2,10H2,1,3-5H3/b14-11-,16-9-. The summed E-state index contributed by atoms with van der Waals surface area (Å²) in [6, 6.07) is 5.47. The number of nitrogens with zero attached hydrogens (tertiary/aromatic N) is 1. The molecule has 24 heavy (non-hydrogen) atoms. The number of halogens is 1. The summed E-state index contributed by atoms with van der Waals surface area (Å²) >= 11 is 5.90. The molecule has 0 bridgehead atoms. The Kier molecular flexibility index (Phi) is 7.85. The topological polar surface area (TPSA) is 69.2 Å². The maximum atomic E-state index is 11.8. The number of rotatable bonds is 8. The van der Waals surface area contributed by atoms with Crippen molar-refractivity contribution in [3.63, 3.8) is 0 Å². The van der Waals surface area contributed by atoms with Crippen molar-refractivity contribution in [2.24, 2.45) is 4.99 Å². The lowest BCUT2D eigenvalue weighted by Gasteiger charge is -2.14. The number of allylic oxidation sites excluding steroid dienone is 1. The molecule has 0 radical (unpaired) electrons. The van der Waals surface area contributed by atoms with Crippen LogP contribution in [0, 0.1) is 0 Å². The van der Waals surface area contributed by atoms with Gasteiger partial charge in [-0.1, -0.05) is 11.6 Å². The van der Waals surface area contributed by atoms with Crippen molar-refractivity contribution in [1.82, 2.24) is 5.32 Å². The lowest BCUT2D eigenvalue weighted by Crippen LogP contribution is -2.17. The number of methoxy groups -OCH3 is 3. The Morgan fingerprint density at radius 1 is 1.33 bits per heavy atom. The number of esters is 1. The highest BCUT2D eigenvalue weighted by Crippen LogP contribution is 2.25. The van der Waals surface area contributed by atoms with Gasteiger partial charge in [0.25, 0.3) is 0 Å². The van der Waals surface area contributed by atoms with E-state index < -0.39 is 5.97 Å². The van der Waals surface area contributed by atoms with Crippen LogP contribution in [0.3, 0.4) is 0 Å². The highest BCUT2D eigenvalue weighted by Gasteiger charge is 2.12. The minimum absolute atomic E-state index is 0.155. The normalized spacial score (nSPS) is 12.1. The number of carbonyl (C=O) groups excluding carboxylic acids is 1. The smallest absolute Gasteiger partial charge is 0.335 e. The third-order valence-electron chi connectivity index (χ3n) is 3.27. The zero-order chi connectivity index (χ0) is 18.1. The number of benzene rings is 1. The molecule has 0 aliphatic heterocycles. The number of hydrogen-bond acceptors (Lipinski definition) is 6. The summed E-state index contributed by atoms with van der Waals surface area (Å²) in [6.07, 6.45) is 1.51. The second-order valence-electron chi connectivity index (χ2n) is 4.69. The van der Waals surface area contributed by atoms with Crippen LogP contribution in [0.25, 0.3) is 0 Å². The van der Waals surface area contributed by atoms with Crippen molar-refractivity contribution >= 4 is 24.3 Å². The molecule has 0 saturated heterocycles. The van der Waals surface area contributed by atoms with Crippen molar-refractivity contribution in [3.8, 4) is 11.5 Å². The van der Waals surface area contributed by atoms with Gasteiger partial charge in [-0.3, -0.25) is 4.99 Å². The summed E-state index contributed by atoms with van der Waals surface area (Å²) in [4.78, 5) is 15.4. The summed E-state index contributed by atoms with van der Waals surface area (Å²) < 4.78 is 15.3. The monoisotopic (exact) mass is 352 g/mol. The van der Waals surface area contributed by atoms with Crippen LogP contribution in [-0.2, 0) is 16.1 Å². The van der Waals surface area contributed by atoms with Gasteiger partial charge < -0.3 is 19.5 Å². The first-order chi connectivity index (χ1) is 11.5. The van der Waals surface area contributed by atoms with Crippen LogP contribution in [0.2, 0.25) is 0 Å². The van der Waals surface area contributed by atoms with E-state index in [9.17, 15) is 4.79 Å². The second kappa shape index (κ2) is 9.62. The van der Waals surface area contributed by atoms with Gasteiger partial charge in [-0.2, -0.15) is 0 Å². The summed E-state index contributed by atoms with van der Waals surface area (Å²) in [6.45, 7) is 5.38. The molecular weight excluding hydrogens is 332 g/mol. The molecular formula is C17H21ClN2O4. The molecule has 0 atom stereocenters. The maximum absolute atomic E-state index is 11.8. The van der Waals surface area contributed by atoms with E-state index in [-0.39, 0.29) is 5.16 Å². The number of hydrogen-bond donors (Lipinski definition) is 1. The molecule has 0 saturated carbocycles. The van der Waals surface area contributed by atoms with Crippen LogP contribution < -0.4 is 14.8 Å². The van der Waals surface area contributed by atoms with E-state index >= 15 is 0 Å². The lowest BCUT2D eigenvalue weighted by atomic mass is 10.1. The van der Waals surface area contributed by atoms with Crippen molar-refractivity contribution in [3.05, 3.63) is 46.3 Å². The Morgan fingerprint density at radius 2 is 2.04 bits per heavy atom. The van der Waals surface area contributed by atoms with Crippen LogP contribution >= 0.6 is 11.6 Å². The molecule has 0 aromatic heterocycles. The maximum Gasteiger partial charge on any atom is 0.335 e. The van der Waals surface area contributed by atoms with Gasteiger partial charge in [-0.05, 0) is 31.9 Å². The number of carbonyl (C=O) groups is 1. The van der Waals surface area contributed by atoms with E-state index in [1.54, 1.807) is 27.2 Å². The fourth-order valence-electron chi connectivity index (χ4n) is 1.91. The molecule has 130 valence electrons. The first-order valence-electron chi connectivity index (χ1n) is 7.04. The molecule has 0 aliphatic carbocycles. The lowest BCUT2D eigenvalue weighted by molar-refractivity contribution is -0.136. The highest BCUT2D eigenvalue weighted by molar-refractivity contribution is 6.29. The summed E-state index contributed by atoms with van der Waals surface area (Å²) in [5.74, 6) is 0.883. The van der Waals surface area contributed by atoms with Gasteiger partial charge in [0, 0.05) is 23.9 Å². The van der Waals surface area contributed by atoms with Crippen LogP contribution in [0.5, 0.6) is 11.5 Å². The third-order valence-corrected chi connectivity index (χ3v) is 3.50. The first-order valence-corrected chi connectivity index (χ1v) is 7.42. The average molecular weight is 353 g/mol. The van der Waals surface area contributed by atoms with E-state index in [1.165, 1.54) is 13.2 Å². The number of aliphatic imine (C=N–C) groups is 1. The van der Waals surface area contributed by atoms with E-state index in [0.29, 0.717) is 29.3 Å². The zero-order valence-corrected chi connectivity index (χ0v) is 14.9. The fourth-order valence-corrected chi connectivity index (χ4v) is 2.02. The van der Waals surface area contributed by atoms with Crippen LogP contribution in [0.1, 0.15) is 12.5 Å². The van der Waals surface area contributed by atoms with E-state index in [2.05, 4.69) is 17.0 Å². The van der Waals surface area contributed by atoms with Gasteiger partial charge in [0.1, 0.15) is 16.7 Å². The molecule has 0 amide bonds. The average Bonchev–Trinajstić information content (AvgIpc) is 2.63. The number of nitrogens with one attached hydrogen (secondary N) is 1. The Bertz CT molecular complexity index is 669. The van der Waals surface area contributed by atoms with Gasteiger partial charge >= 0.3 is 5.97 Å². The van der Waals surface area contributed by atoms with Gasteiger partial charge in [0.05, 0.1) is 26.9 Å². The van der Waals surface area contributed by atoms with Crippen molar-refractivity contribution < 1.29 is 19.0 Å². The molecule has 1 aromatic carbocycles. The van der Waals surface area contributed by atoms with Crippen LogP contribution in [0.15, 0.2) is 45.7 Å². The summed E-state index contributed by atoms with van der Waals surface area (Å²) in [7, 11) is 4.47. The molecule has 0 unspecified atom stereocenters. The molecule has 7 heteroatoms. The molecule has 1 aromatic rings. The Hall–Kier alpha value is -2.47. The number of ether oxygens (including phenoxy) is 3. The Labute approximate surface area is 146 Å². The van der Waals surface area contributed by atoms with E-state index in [0.717, 1.165) is 5.56 Å². The van der Waals surface area contributed by atoms with Gasteiger partial charge in [-0.15, -0.1) is 0 Å². The van der Waals surface area contributed by atoms with Crippen molar-refractivity contribution in [2.75, 3.05) is 21.3 Å². The minimum atomic E-state index is -0.469. The van der Waals surface area contributed by atoms with Gasteiger partial charge in [0.15, 0.2) is 0 Å². The fraction of sp³-hybridized carbons (Fsp3) is 0.294. The van der Waals surface area contributed by atoms with Gasteiger partial charge in [-0.25, -0.2) is 4.79 Å². The van der Waals surface area contributed by atoms with Crippen LogP contribution in [0.4, 0.5) is 0 Å². The molecule has 0 aliphatic rings. The Balaban J connectivity index is 3.09. The molecule has 6 nitrogen and oxygen atoms in total. The molecule has 0 spiro atoms. The quantitative estimate of drug-likeness (QED) is 0.256. The molecule has 1 N–H and O–H groups in total. The highest BCUT2D eigenvalue weighted by atomic mass is 35.5. The predicted molar refractivity (Wildman–Crippen MR) is 94.6 cm³/mol. The Morgan fingerprint density at radius 3 is 2.58 bits per heavy atom.